The van der Waals surface area contributed by atoms with Crippen molar-refractivity contribution in [2.75, 3.05) is 7.11 Å². The summed E-state index contributed by atoms with van der Waals surface area (Å²) >= 11 is 0. The van der Waals surface area contributed by atoms with Crippen LogP contribution in [-0.4, -0.2) is 13.1 Å². The van der Waals surface area contributed by atoms with Gasteiger partial charge in [0, 0.05) is 0 Å². The van der Waals surface area contributed by atoms with Gasteiger partial charge in [-0.15, -0.1) is 6.58 Å². The first-order valence-corrected chi connectivity index (χ1v) is 5.30. The van der Waals surface area contributed by atoms with Crippen molar-refractivity contribution in [2.24, 2.45) is 5.41 Å². The smallest absolute Gasteiger partial charge is 0.311 e. The summed E-state index contributed by atoms with van der Waals surface area (Å²) in [4.78, 5) is 11.6. The maximum absolute atomic E-state index is 11.6. The second kappa shape index (κ2) is 6.63. The van der Waals surface area contributed by atoms with Gasteiger partial charge in [-0.05, 0) is 26.2 Å². The monoisotopic (exact) mass is 198 g/mol. The minimum atomic E-state index is -0.320. The Labute approximate surface area is 87.3 Å². The quantitative estimate of drug-likeness (QED) is 0.463. The first-order chi connectivity index (χ1) is 6.60. The van der Waals surface area contributed by atoms with Crippen LogP contribution in [0.1, 0.15) is 46.0 Å². The summed E-state index contributed by atoms with van der Waals surface area (Å²) in [7, 11) is 1.46. The lowest BCUT2D eigenvalue weighted by Gasteiger charge is -2.25. The van der Waals surface area contributed by atoms with Crippen molar-refractivity contribution in [3.63, 3.8) is 0 Å². The number of carbonyl (C=O) groups is 1. The van der Waals surface area contributed by atoms with E-state index < -0.39 is 0 Å². The molecule has 0 heterocycles. The first-order valence-electron chi connectivity index (χ1n) is 5.30. The van der Waals surface area contributed by atoms with Crippen LogP contribution in [0.15, 0.2) is 12.7 Å². The van der Waals surface area contributed by atoms with Crippen molar-refractivity contribution in [3.8, 4) is 0 Å². The molecule has 2 heteroatoms. The largest absolute Gasteiger partial charge is 0.469 e. The molecule has 0 radical (unpaired) electrons. The molecule has 0 aromatic heterocycles. The maximum atomic E-state index is 11.6. The van der Waals surface area contributed by atoms with Crippen LogP contribution in [0, 0.1) is 5.41 Å². The minimum absolute atomic E-state index is 0.0900. The van der Waals surface area contributed by atoms with Gasteiger partial charge in [0.2, 0.25) is 0 Å². The Balaban J connectivity index is 4.31. The van der Waals surface area contributed by atoms with Crippen LogP contribution >= 0.6 is 0 Å². The topological polar surface area (TPSA) is 26.3 Å². The van der Waals surface area contributed by atoms with Gasteiger partial charge in [0.1, 0.15) is 0 Å². The molecule has 0 saturated heterocycles. The first kappa shape index (κ1) is 13.2. The highest BCUT2D eigenvalue weighted by Gasteiger charge is 2.32. The molecule has 2 nitrogen and oxygen atoms in total. The minimum Gasteiger partial charge on any atom is -0.469 e. The lowest BCUT2D eigenvalue weighted by Crippen LogP contribution is -2.29. The highest BCUT2D eigenvalue weighted by Crippen LogP contribution is 2.31. The average Bonchev–Trinajstić information content (AvgIpc) is 2.22. The highest BCUT2D eigenvalue weighted by atomic mass is 16.5. The summed E-state index contributed by atoms with van der Waals surface area (Å²) in [6.45, 7) is 7.79. The van der Waals surface area contributed by atoms with Gasteiger partial charge in [0.25, 0.3) is 0 Å². The molecule has 0 aliphatic heterocycles. The summed E-state index contributed by atoms with van der Waals surface area (Å²) in [6, 6.07) is 0. The Kier molecular flexibility index (Phi) is 6.26. The second-order valence-electron chi connectivity index (χ2n) is 3.98. The molecule has 0 amide bonds. The zero-order valence-electron chi connectivity index (χ0n) is 9.64. The number of hydrogen-bond donors (Lipinski definition) is 0. The van der Waals surface area contributed by atoms with E-state index in [2.05, 4.69) is 13.5 Å². The van der Waals surface area contributed by atoms with E-state index >= 15 is 0 Å². The van der Waals surface area contributed by atoms with E-state index in [-0.39, 0.29) is 11.4 Å². The maximum Gasteiger partial charge on any atom is 0.311 e. The SMILES string of the molecule is C=CCCC(C)(CCCC)C(=O)OC. The van der Waals surface area contributed by atoms with Gasteiger partial charge in [-0.1, -0.05) is 25.8 Å². The highest BCUT2D eigenvalue weighted by molar-refractivity contribution is 5.76. The number of ether oxygens (including phenoxy) is 1. The Morgan fingerprint density at radius 3 is 2.57 bits per heavy atom. The van der Waals surface area contributed by atoms with Crippen molar-refractivity contribution in [1.82, 2.24) is 0 Å². The van der Waals surface area contributed by atoms with E-state index in [1.807, 2.05) is 13.0 Å². The number of hydrogen-bond acceptors (Lipinski definition) is 2. The number of allylic oxidation sites excluding steroid dienone is 1. The molecule has 0 rings (SSSR count). The Morgan fingerprint density at radius 1 is 1.50 bits per heavy atom. The van der Waals surface area contributed by atoms with Crippen LogP contribution in [0.25, 0.3) is 0 Å². The van der Waals surface area contributed by atoms with Gasteiger partial charge in [-0.25, -0.2) is 0 Å². The molecule has 0 fully saturated rings. The number of esters is 1. The van der Waals surface area contributed by atoms with Crippen molar-refractivity contribution in [2.45, 2.75) is 46.0 Å². The van der Waals surface area contributed by atoms with E-state index in [0.717, 1.165) is 32.1 Å². The fourth-order valence-corrected chi connectivity index (χ4v) is 1.56. The van der Waals surface area contributed by atoms with Crippen molar-refractivity contribution in [1.29, 1.82) is 0 Å². The normalized spacial score (nSPS) is 14.5. The Bertz CT molecular complexity index is 187. The fourth-order valence-electron chi connectivity index (χ4n) is 1.56. The molecule has 0 N–H and O–H groups in total. The molecular formula is C12H22O2. The van der Waals surface area contributed by atoms with Crippen molar-refractivity contribution < 1.29 is 9.53 Å². The summed E-state index contributed by atoms with van der Waals surface area (Å²) in [5.41, 5.74) is -0.320. The van der Waals surface area contributed by atoms with Crippen LogP contribution in [0.2, 0.25) is 0 Å². The summed E-state index contributed by atoms with van der Waals surface area (Å²) in [6.07, 6.45) is 6.65. The average molecular weight is 198 g/mol. The van der Waals surface area contributed by atoms with Gasteiger partial charge >= 0.3 is 5.97 Å². The molecule has 0 bridgehead atoms. The predicted molar refractivity (Wildman–Crippen MR) is 59.1 cm³/mol. The van der Waals surface area contributed by atoms with E-state index in [4.69, 9.17) is 4.74 Å². The van der Waals surface area contributed by atoms with E-state index in [1.54, 1.807) is 0 Å². The third-order valence-electron chi connectivity index (χ3n) is 2.66. The summed E-state index contributed by atoms with van der Waals surface area (Å²) in [5.74, 6) is -0.0900. The van der Waals surface area contributed by atoms with E-state index in [9.17, 15) is 4.79 Å². The third-order valence-corrected chi connectivity index (χ3v) is 2.66. The van der Waals surface area contributed by atoms with Crippen LogP contribution in [0.4, 0.5) is 0 Å². The van der Waals surface area contributed by atoms with Gasteiger partial charge in [0.15, 0.2) is 0 Å². The molecule has 0 aliphatic rings. The third kappa shape index (κ3) is 3.95. The van der Waals surface area contributed by atoms with Gasteiger partial charge in [0.05, 0.1) is 12.5 Å². The molecule has 0 aromatic carbocycles. The fraction of sp³-hybridized carbons (Fsp3) is 0.750. The van der Waals surface area contributed by atoms with Crippen LogP contribution in [0.5, 0.6) is 0 Å². The zero-order valence-corrected chi connectivity index (χ0v) is 9.64. The molecule has 14 heavy (non-hydrogen) atoms. The summed E-state index contributed by atoms with van der Waals surface area (Å²) in [5, 5.41) is 0. The predicted octanol–water partition coefficient (Wildman–Crippen LogP) is 3.32. The molecular weight excluding hydrogens is 176 g/mol. The number of methoxy groups -OCH3 is 1. The van der Waals surface area contributed by atoms with Gasteiger partial charge in [-0.2, -0.15) is 0 Å². The standard InChI is InChI=1S/C12H22O2/c1-5-7-9-12(3,10-8-6-2)11(13)14-4/h5H,1,6-10H2,2-4H3. The Hall–Kier alpha value is -0.790. The van der Waals surface area contributed by atoms with Gasteiger partial charge in [-0.3, -0.25) is 4.79 Å². The lowest BCUT2D eigenvalue weighted by atomic mass is 9.80. The molecule has 0 saturated carbocycles. The number of rotatable bonds is 7. The Morgan fingerprint density at radius 2 is 2.14 bits per heavy atom. The van der Waals surface area contributed by atoms with Crippen LogP contribution in [0.3, 0.4) is 0 Å². The number of carbonyl (C=O) groups excluding carboxylic acids is 1. The molecule has 0 spiro atoms. The molecule has 1 unspecified atom stereocenters. The molecule has 0 aliphatic carbocycles. The second-order valence-corrected chi connectivity index (χ2v) is 3.98. The zero-order chi connectivity index (χ0) is 11.0. The number of unbranched alkanes of at least 4 members (excludes halogenated alkanes) is 1. The summed E-state index contributed by atoms with van der Waals surface area (Å²) < 4.78 is 4.84. The van der Waals surface area contributed by atoms with Crippen molar-refractivity contribution >= 4 is 5.97 Å². The van der Waals surface area contributed by atoms with Crippen molar-refractivity contribution in [3.05, 3.63) is 12.7 Å². The molecule has 0 aromatic rings. The van der Waals surface area contributed by atoms with Gasteiger partial charge < -0.3 is 4.74 Å². The molecule has 1 atom stereocenters. The van der Waals surface area contributed by atoms with E-state index in [1.165, 1.54) is 7.11 Å². The van der Waals surface area contributed by atoms with Crippen LogP contribution in [-0.2, 0) is 9.53 Å². The van der Waals surface area contributed by atoms with E-state index in [0.29, 0.717) is 0 Å². The van der Waals surface area contributed by atoms with Crippen LogP contribution < -0.4 is 0 Å². The molecule has 82 valence electrons. The lowest BCUT2D eigenvalue weighted by molar-refractivity contribution is -0.152.